The van der Waals surface area contributed by atoms with Crippen molar-refractivity contribution in [3.8, 4) is 23.3 Å². The van der Waals surface area contributed by atoms with Gasteiger partial charge in [0.1, 0.15) is 28.9 Å². The highest BCUT2D eigenvalue weighted by molar-refractivity contribution is 7.10. The summed E-state index contributed by atoms with van der Waals surface area (Å²) in [6.45, 7) is 0. The first-order valence-electron chi connectivity index (χ1n) is 8.82. The van der Waals surface area contributed by atoms with Crippen LogP contribution in [0.4, 0.5) is 0 Å². The minimum absolute atomic E-state index is 0.0359. The van der Waals surface area contributed by atoms with Crippen LogP contribution in [0.1, 0.15) is 26.7 Å². The fourth-order valence-electron chi connectivity index (χ4n) is 3.21. The van der Waals surface area contributed by atoms with Crippen LogP contribution in [0.3, 0.4) is 0 Å². The molecule has 1 unspecified atom stereocenters. The number of nitriles is 1. The summed E-state index contributed by atoms with van der Waals surface area (Å²) in [5, 5.41) is 11.8. The van der Waals surface area contributed by atoms with Gasteiger partial charge in [-0.2, -0.15) is 5.26 Å². The Morgan fingerprint density at radius 3 is 2.77 bits per heavy atom. The molecule has 0 aliphatic carbocycles. The van der Waals surface area contributed by atoms with Crippen LogP contribution in [-0.4, -0.2) is 13.1 Å². The van der Waals surface area contributed by atoms with Gasteiger partial charge in [-0.15, -0.1) is 11.3 Å². The molecule has 0 amide bonds. The highest BCUT2D eigenvalue weighted by Crippen LogP contribution is 2.44. The molecule has 1 aliphatic rings. The van der Waals surface area contributed by atoms with E-state index in [2.05, 4.69) is 6.07 Å². The van der Waals surface area contributed by atoms with Gasteiger partial charge < -0.3 is 19.9 Å². The van der Waals surface area contributed by atoms with Crippen molar-refractivity contribution in [2.45, 2.75) is 5.92 Å². The molecule has 1 aliphatic heterocycles. The van der Waals surface area contributed by atoms with Crippen molar-refractivity contribution in [2.24, 2.45) is 5.73 Å². The van der Waals surface area contributed by atoms with Gasteiger partial charge in [0, 0.05) is 16.5 Å². The molecule has 0 saturated heterocycles. The van der Waals surface area contributed by atoms with E-state index >= 15 is 0 Å². The van der Waals surface area contributed by atoms with Gasteiger partial charge in [-0.25, -0.2) is 4.79 Å². The molecule has 2 N–H and O–H groups in total. The number of nitrogens with zero attached hydrogens (tertiary/aromatic N) is 1. The number of carbonyl (C=O) groups is 1. The van der Waals surface area contributed by atoms with Gasteiger partial charge >= 0.3 is 5.97 Å². The summed E-state index contributed by atoms with van der Waals surface area (Å²) in [6.07, 6.45) is 0. The van der Waals surface area contributed by atoms with E-state index in [9.17, 15) is 10.1 Å². The molecule has 0 bridgehead atoms. The maximum absolute atomic E-state index is 12.5. The predicted octanol–water partition coefficient (Wildman–Crippen LogP) is 4.85. The lowest BCUT2D eigenvalue weighted by Crippen LogP contribution is -2.20. The first-order valence-corrected chi connectivity index (χ1v) is 10.1. The molecule has 1 atom stereocenters. The van der Waals surface area contributed by atoms with Crippen LogP contribution < -0.4 is 19.9 Å². The Balaban J connectivity index is 1.64. The van der Waals surface area contributed by atoms with E-state index in [-0.39, 0.29) is 23.1 Å². The average Bonchev–Trinajstić information content (AvgIpc) is 3.27. The number of methoxy groups -OCH3 is 1. The molecule has 6 nitrogen and oxygen atoms in total. The molecule has 1 aromatic heterocycles. The van der Waals surface area contributed by atoms with Gasteiger partial charge in [0.25, 0.3) is 0 Å². The Morgan fingerprint density at radius 2 is 2.10 bits per heavy atom. The molecule has 30 heavy (non-hydrogen) atoms. The standard InChI is InChI=1S/C22H15ClN2O4S/c1-27-17-7-4-12(9-16(17)23)22(26)28-13-5-6-14-18(10-13)29-21(25)15(11-24)20(14)19-3-2-8-30-19/h2-10,20H,25H2,1H3. The second-order valence-electron chi connectivity index (χ2n) is 6.38. The highest BCUT2D eigenvalue weighted by Gasteiger charge is 2.31. The van der Waals surface area contributed by atoms with Crippen molar-refractivity contribution < 1.29 is 19.0 Å². The summed E-state index contributed by atoms with van der Waals surface area (Å²) >= 11 is 7.61. The SMILES string of the molecule is COc1ccc(C(=O)Oc2ccc3c(c2)OC(N)=C(C#N)C3c2cccs2)cc1Cl. The molecule has 0 saturated carbocycles. The first-order chi connectivity index (χ1) is 14.5. The summed E-state index contributed by atoms with van der Waals surface area (Å²) in [7, 11) is 1.49. The molecule has 3 aromatic rings. The van der Waals surface area contributed by atoms with Gasteiger partial charge in [-0.3, -0.25) is 0 Å². The number of ether oxygens (including phenoxy) is 3. The average molecular weight is 439 g/mol. The molecule has 2 heterocycles. The van der Waals surface area contributed by atoms with E-state index in [0.29, 0.717) is 22.1 Å². The van der Waals surface area contributed by atoms with Crippen molar-refractivity contribution in [3.63, 3.8) is 0 Å². The normalized spacial score (nSPS) is 15.0. The summed E-state index contributed by atoms with van der Waals surface area (Å²) in [5.74, 6) is 0.307. The zero-order valence-electron chi connectivity index (χ0n) is 15.7. The number of hydrogen-bond acceptors (Lipinski definition) is 7. The summed E-state index contributed by atoms with van der Waals surface area (Å²) < 4.78 is 16.2. The van der Waals surface area contributed by atoms with Crippen LogP contribution in [0.2, 0.25) is 5.02 Å². The van der Waals surface area contributed by atoms with Crippen LogP contribution >= 0.6 is 22.9 Å². The van der Waals surface area contributed by atoms with Gasteiger partial charge in [0.15, 0.2) is 0 Å². The molecule has 2 aromatic carbocycles. The summed E-state index contributed by atoms with van der Waals surface area (Å²) in [4.78, 5) is 13.5. The van der Waals surface area contributed by atoms with Gasteiger partial charge in [-0.05, 0) is 35.7 Å². The second-order valence-corrected chi connectivity index (χ2v) is 7.77. The Morgan fingerprint density at radius 1 is 1.27 bits per heavy atom. The van der Waals surface area contributed by atoms with E-state index in [1.54, 1.807) is 30.3 Å². The largest absolute Gasteiger partial charge is 0.495 e. The molecular formula is C22H15ClN2O4S. The number of carbonyl (C=O) groups excluding carboxylic acids is 1. The van der Waals surface area contributed by atoms with Gasteiger partial charge in [0.2, 0.25) is 5.88 Å². The Bertz CT molecular complexity index is 1200. The van der Waals surface area contributed by atoms with Crippen molar-refractivity contribution in [1.29, 1.82) is 5.26 Å². The highest BCUT2D eigenvalue weighted by atomic mass is 35.5. The van der Waals surface area contributed by atoms with E-state index in [0.717, 1.165) is 10.4 Å². The fourth-order valence-corrected chi connectivity index (χ4v) is 4.32. The van der Waals surface area contributed by atoms with Gasteiger partial charge in [-0.1, -0.05) is 23.7 Å². The minimum atomic E-state index is -0.577. The van der Waals surface area contributed by atoms with Crippen LogP contribution in [0, 0.1) is 11.3 Å². The molecule has 0 fully saturated rings. The van der Waals surface area contributed by atoms with Crippen molar-refractivity contribution in [2.75, 3.05) is 7.11 Å². The number of rotatable bonds is 4. The van der Waals surface area contributed by atoms with Crippen LogP contribution in [0.15, 0.2) is 65.4 Å². The maximum Gasteiger partial charge on any atom is 0.343 e. The zero-order chi connectivity index (χ0) is 21.3. The lowest BCUT2D eigenvalue weighted by molar-refractivity contribution is 0.0734. The molecule has 0 spiro atoms. The monoisotopic (exact) mass is 438 g/mol. The van der Waals surface area contributed by atoms with Crippen LogP contribution in [0.5, 0.6) is 17.2 Å². The summed E-state index contributed by atoms with van der Waals surface area (Å²) in [6, 6.07) is 15.6. The number of halogens is 1. The van der Waals surface area contributed by atoms with Crippen molar-refractivity contribution in [3.05, 3.63) is 86.4 Å². The Hall–Kier alpha value is -3.47. The fraction of sp³-hybridized carbons (Fsp3) is 0.0909. The Labute approximate surface area is 181 Å². The molecule has 150 valence electrons. The number of esters is 1. The van der Waals surface area contributed by atoms with E-state index in [1.807, 2.05) is 17.5 Å². The third-order valence-electron chi connectivity index (χ3n) is 4.62. The third-order valence-corrected chi connectivity index (χ3v) is 5.85. The van der Waals surface area contributed by atoms with Crippen molar-refractivity contribution in [1.82, 2.24) is 0 Å². The molecule has 0 radical (unpaired) electrons. The zero-order valence-corrected chi connectivity index (χ0v) is 17.3. The van der Waals surface area contributed by atoms with Crippen LogP contribution in [-0.2, 0) is 0 Å². The van der Waals surface area contributed by atoms with Crippen molar-refractivity contribution >= 4 is 28.9 Å². The van der Waals surface area contributed by atoms with E-state index in [4.69, 9.17) is 31.5 Å². The quantitative estimate of drug-likeness (QED) is 0.462. The van der Waals surface area contributed by atoms with Crippen LogP contribution in [0.25, 0.3) is 0 Å². The third kappa shape index (κ3) is 3.59. The van der Waals surface area contributed by atoms with E-state index < -0.39 is 5.97 Å². The number of nitrogens with two attached hydrogens (primary N) is 1. The summed E-state index contributed by atoms with van der Waals surface area (Å²) in [5.41, 5.74) is 7.40. The topological polar surface area (TPSA) is 94.6 Å². The number of allylic oxidation sites excluding steroid dienone is 1. The number of hydrogen-bond donors (Lipinski definition) is 1. The molecule has 8 heteroatoms. The number of benzene rings is 2. The van der Waals surface area contributed by atoms with E-state index in [1.165, 1.54) is 24.5 Å². The lowest BCUT2D eigenvalue weighted by atomic mass is 9.88. The maximum atomic E-state index is 12.5. The smallest absolute Gasteiger partial charge is 0.343 e. The predicted molar refractivity (Wildman–Crippen MR) is 113 cm³/mol. The first kappa shape index (κ1) is 19.8. The van der Waals surface area contributed by atoms with Gasteiger partial charge in [0.05, 0.1) is 23.6 Å². The lowest BCUT2D eigenvalue weighted by Gasteiger charge is -2.25. The number of thiophene rings is 1. The second kappa shape index (κ2) is 8.11. The number of fused-ring (bicyclic) bond motifs is 1. The molecule has 4 rings (SSSR count). The minimum Gasteiger partial charge on any atom is -0.495 e. The Kier molecular flexibility index (Phi) is 5.36. The molecular weight excluding hydrogens is 424 g/mol.